The van der Waals surface area contributed by atoms with Crippen molar-refractivity contribution in [1.29, 1.82) is 0 Å². The normalized spacial score (nSPS) is 17.8. The van der Waals surface area contributed by atoms with Crippen molar-refractivity contribution in [3.05, 3.63) is 27.7 Å². The molecule has 5 heteroatoms. The summed E-state index contributed by atoms with van der Waals surface area (Å²) in [6, 6.07) is -0.107. The molecular formula is C12H17N3OS. The highest BCUT2D eigenvalue weighted by Gasteiger charge is 2.21. The molecule has 2 N–H and O–H groups in total. The summed E-state index contributed by atoms with van der Waals surface area (Å²) in [5.74, 6) is 0.0144. The van der Waals surface area contributed by atoms with Gasteiger partial charge in [-0.1, -0.05) is 11.6 Å². The van der Waals surface area contributed by atoms with Crippen molar-refractivity contribution < 1.29 is 4.79 Å². The van der Waals surface area contributed by atoms with Crippen molar-refractivity contribution in [2.75, 3.05) is 13.1 Å². The van der Waals surface area contributed by atoms with E-state index in [1.807, 2.05) is 18.7 Å². The lowest BCUT2D eigenvalue weighted by atomic mass is 10.1. The van der Waals surface area contributed by atoms with Crippen LogP contribution in [0.1, 0.15) is 41.8 Å². The van der Waals surface area contributed by atoms with Gasteiger partial charge in [-0.25, -0.2) is 4.98 Å². The average molecular weight is 251 g/mol. The number of nitrogens with zero attached hydrogens (tertiary/aromatic N) is 2. The SMILES string of the molecule is CC1=CCCN(C(=O)c2csc(C(C)N)n2)C1. The van der Waals surface area contributed by atoms with Crippen molar-refractivity contribution >= 4 is 17.2 Å². The predicted octanol–water partition coefficient (Wildman–Crippen LogP) is 1.96. The van der Waals surface area contributed by atoms with Gasteiger partial charge in [0.1, 0.15) is 10.7 Å². The molecule has 4 nitrogen and oxygen atoms in total. The van der Waals surface area contributed by atoms with Crippen LogP contribution < -0.4 is 5.73 Å². The van der Waals surface area contributed by atoms with Crippen LogP contribution in [0.15, 0.2) is 17.0 Å². The molecule has 2 rings (SSSR count). The number of thiazole rings is 1. The molecule has 17 heavy (non-hydrogen) atoms. The molecule has 0 bridgehead atoms. The smallest absolute Gasteiger partial charge is 0.273 e. The molecule has 1 aliphatic rings. The molecular weight excluding hydrogens is 234 g/mol. The van der Waals surface area contributed by atoms with Crippen molar-refractivity contribution in [1.82, 2.24) is 9.88 Å². The summed E-state index contributed by atoms with van der Waals surface area (Å²) < 4.78 is 0. The van der Waals surface area contributed by atoms with E-state index < -0.39 is 0 Å². The fourth-order valence-electron chi connectivity index (χ4n) is 1.84. The Morgan fingerprint density at radius 2 is 2.41 bits per heavy atom. The third kappa shape index (κ3) is 2.73. The summed E-state index contributed by atoms with van der Waals surface area (Å²) in [7, 11) is 0. The van der Waals surface area contributed by atoms with Crippen LogP contribution in [0, 0.1) is 0 Å². The third-order valence-corrected chi connectivity index (χ3v) is 3.80. The molecule has 0 radical (unpaired) electrons. The van der Waals surface area contributed by atoms with E-state index >= 15 is 0 Å². The van der Waals surface area contributed by atoms with E-state index in [1.54, 1.807) is 5.38 Å². The van der Waals surface area contributed by atoms with E-state index in [9.17, 15) is 4.79 Å². The Morgan fingerprint density at radius 3 is 3.00 bits per heavy atom. The highest BCUT2D eigenvalue weighted by atomic mass is 32.1. The second kappa shape index (κ2) is 4.98. The van der Waals surface area contributed by atoms with Crippen LogP contribution in [0.2, 0.25) is 0 Å². The van der Waals surface area contributed by atoms with Gasteiger partial charge in [0.15, 0.2) is 0 Å². The first kappa shape index (κ1) is 12.3. The first-order chi connectivity index (χ1) is 8.08. The average Bonchev–Trinajstić information content (AvgIpc) is 2.77. The van der Waals surface area contributed by atoms with Gasteiger partial charge in [0, 0.05) is 18.5 Å². The summed E-state index contributed by atoms with van der Waals surface area (Å²) in [6.07, 6.45) is 3.11. The zero-order chi connectivity index (χ0) is 12.4. The minimum absolute atomic E-state index is 0.0144. The third-order valence-electron chi connectivity index (χ3n) is 2.75. The number of amides is 1. The standard InChI is InChI=1S/C12H17N3OS/c1-8-4-3-5-15(6-8)12(16)10-7-17-11(14-10)9(2)13/h4,7,9H,3,5-6,13H2,1-2H3. The second-order valence-electron chi connectivity index (χ2n) is 4.43. The Balaban J connectivity index is 2.11. The number of hydrogen-bond donors (Lipinski definition) is 1. The molecule has 1 atom stereocenters. The van der Waals surface area contributed by atoms with E-state index in [-0.39, 0.29) is 11.9 Å². The first-order valence-corrected chi connectivity index (χ1v) is 6.62. The lowest BCUT2D eigenvalue weighted by molar-refractivity contribution is 0.0760. The van der Waals surface area contributed by atoms with E-state index in [0.717, 1.165) is 18.0 Å². The highest BCUT2D eigenvalue weighted by molar-refractivity contribution is 7.09. The van der Waals surface area contributed by atoms with Crippen LogP contribution in [0.5, 0.6) is 0 Å². The van der Waals surface area contributed by atoms with Gasteiger partial charge in [0.05, 0.1) is 6.04 Å². The van der Waals surface area contributed by atoms with Crippen LogP contribution in [0.3, 0.4) is 0 Å². The molecule has 92 valence electrons. The molecule has 0 aromatic carbocycles. The summed E-state index contributed by atoms with van der Waals surface area (Å²) in [6.45, 7) is 5.42. The Bertz CT molecular complexity index is 450. The van der Waals surface area contributed by atoms with E-state index in [0.29, 0.717) is 12.2 Å². The molecule has 0 saturated carbocycles. The van der Waals surface area contributed by atoms with Gasteiger partial charge in [-0.2, -0.15) is 0 Å². The predicted molar refractivity (Wildman–Crippen MR) is 69.0 cm³/mol. The fraction of sp³-hybridized carbons (Fsp3) is 0.500. The lowest BCUT2D eigenvalue weighted by Crippen LogP contribution is -2.35. The molecule has 0 fully saturated rings. The Hall–Kier alpha value is -1.20. The minimum atomic E-state index is -0.107. The van der Waals surface area contributed by atoms with Crippen LogP contribution in [0.4, 0.5) is 0 Å². The van der Waals surface area contributed by atoms with Crippen molar-refractivity contribution in [2.24, 2.45) is 5.73 Å². The molecule has 1 aliphatic heterocycles. The number of carbonyl (C=O) groups is 1. The number of aromatic nitrogens is 1. The maximum Gasteiger partial charge on any atom is 0.273 e. The van der Waals surface area contributed by atoms with Gasteiger partial charge in [-0.3, -0.25) is 4.79 Å². The molecule has 1 amide bonds. The molecule has 0 saturated heterocycles. The quantitative estimate of drug-likeness (QED) is 0.817. The Kier molecular flexibility index (Phi) is 3.59. The van der Waals surface area contributed by atoms with Gasteiger partial charge >= 0.3 is 0 Å². The Labute approximate surface area is 105 Å². The maximum absolute atomic E-state index is 12.2. The van der Waals surface area contributed by atoms with Crippen LogP contribution in [0.25, 0.3) is 0 Å². The Morgan fingerprint density at radius 1 is 1.65 bits per heavy atom. The number of rotatable bonds is 2. The number of carbonyl (C=O) groups excluding carboxylic acids is 1. The van der Waals surface area contributed by atoms with Crippen molar-refractivity contribution in [3.8, 4) is 0 Å². The summed E-state index contributed by atoms with van der Waals surface area (Å²) in [5, 5.41) is 2.62. The van der Waals surface area contributed by atoms with E-state index in [2.05, 4.69) is 11.1 Å². The topological polar surface area (TPSA) is 59.2 Å². The molecule has 1 aromatic heterocycles. The second-order valence-corrected chi connectivity index (χ2v) is 5.32. The van der Waals surface area contributed by atoms with Crippen LogP contribution in [-0.4, -0.2) is 28.9 Å². The van der Waals surface area contributed by atoms with Crippen LogP contribution in [-0.2, 0) is 0 Å². The largest absolute Gasteiger partial charge is 0.333 e. The molecule has 1 unspecified atom stereocenters. The molecule has 0 aliphatic carbocycles. The molecule has 2 heterocycles. The van der Waals surface area contributed by atoms with Gasteiger partial charge in [0.25, 0.3) is 5.91 Å². The number of nitrogens with two attached hydrogens (primary N) is 1. The zero-order valence-corrected chi connectivity index (χ0v) is 11.0. The van der Waals surface area contributed by atoms with Gasteiger partial charge in [-0.15, -0.1) is 11.3 Å². The van der Waals surface area contributed by atoms with Gasteiger partial charge in [-0.05, 0) is 20.3 Å². The zero-order valence-electron chi connectivity index (χ0n) is 10.1. The van der Waals surface area contributed by atoms with Crippen molar-refractivity contribution in [2.45, 2.75) is 26.3 Å². The van der Waals surface area contributed by atoms with E-state index in [1.165, 1.54) is 16.9 Å². The van der Waals surface area contributed by atoms with Crippen LogP contribution >= 0.6 is 11.3 Å². The maximum atomic E-state index is 12.2. The summed E-state index contributed by atoms with van der Waals surface area (Å²) >= 11 is 1.45. The monoisotopic (exact) mass is 251 g/mol. The fourth-order valence-corrected chi connectivity index (χ4v) is 2.59. The summed E-state index contributed by atoms with van der Waals surface area (Å²) in [4.78, 5) is 18.3. The lowest BCUT2D eigenvalue weighted by Gasteiger charge is -2.25. The highest BCUT2D eigenvalue weighted by Crippen LogP contribution is 2.18. The van der Waals surface area contributed by atoms with Gasteiger partial charge in [0.2, 0.25) is 0 Å². The van der Waals surface area contributed by atoms with Gasteiger partial charge < -0.3 is 10.6 Å². The first-order valence-electron chi connectivity index (χ1n) is 5.74. The molecule has 1 aromatic rings. The minimum Gasteiger partial charge on any atom is -0.333 e. The molecule has 0 spiro atoms. The van der Waals surface area contributed by atoms with Crippen molar-refractivity contribution in [3.63, 3.8) is 0 Å². The van der Waals surface area contributed by atoms with E-state index in [4.69, 9.17) is 5.73 Å². The number of hydrogen-bond acceptors (Lipinski definition) is 4. The summed E-state index contributed by atoms with van der Waals surface area (Å²) in [5.41, 5.74) is 7.51.